The summed E-state index contributed by atoms with van der Waals surface area (Å²) in [6.45, 7) is 7.82. The van der Waals surface area contributed by atoms with Crippen LogP contribution in [0.3, 0.4) is 0 Å². The summed E-state index contributed by atoms with van der Waals surface area (Å²) in [5.74, 6) is 0.108. The SMILES string of the molecule is CNC(=O)CN1CCC(NCc2cccc(C)c2C)CC1. The smallest absolute Gasteiger partial charge is 0.233 e. The molecule has 4 heteroatoms. The van der Waals surface area contributed by atoms with Crippen LogP contribution in [0.2, 0.25) is 0 Å². The summed E-state index contributed by atoms with van der Waals surface area (Å²) in [4.78, 5) is 13.6. The fourth-order valence-corrected chi connectivity index (χ4v) is 2.84. The van der Waals surface area contributed by atoms with Gasteiger partial charge in [0.15, 0.2) is 0 Å². The molecule has 2 rings (SSSR count). The number of carbonyl (C=O) groups excluding carboxylic acids is 1. The molecule has 0 saturated carbocycles. The van der Waals surface area contributed by atoms with Crippen molar-refractivity contribution >= 4 is 5.91 Å². The number of aryl methyl sites for hydroxylation is 1. The van der Waals surface area contributed by atoms with Crippen LogP contribution in [-0.2, 0) is 11.3 Å². The van der Waals surface area contributed by atoms with Gasteiger partial charge in [0.2, 0.25) is 5.91 Å². The van der Waals surface area contributed by atoms with Crippen molar-refractivity contribution in [1.29, 1.82) is 0 Å². The van der Waals surface area contributed by atoms with Crippen LogP contribution in [0.25, 0.3) is 0 Å². The average Bonchev–Trinajstić information content (AvgIpc) is 2.50. The first-order valence-electron chi connectivity index (χ1n) is 7.81. The van der Waals surface area contributed by atoms with Crippen molar-refractivity contribution in [2.45, 2.75) is 39.3 Å². The minimum atomic E-state index is 0.108. The minimum Gasteiger partial charge on any atom is -0.358 e. The number of amides is 1. The van der Waals surface area contributed by atoms with Gasteiger partial charge in [-0.2, -0.15) is 0 Å². The van der Waals surface area contributed by atoms with E-state index in [0.717, 1.165) is 32.5 Å². The normalized spacial score (nSPS) is 16.9. The van der Waals surface area contributed by atoms with Gasteiger partial charge >= 0.3 is 0 Å². The Labute approximate surface area is 127 Å². The van der Waals surface area contributed by atoms with E-state index in [-0.39, 0.29) is 5.91 Å². The Bertz CT molecular complexity index is 479. The van der Waals surface area contributed by atoms with E-state index in [0.29, 0.717) is 12.6 Å². The van der Waals surface area contributed by atoms with Crippen LogP contribution >= 0.6 is 0 Å². The van der Waals surface area contributed by atoms with Gasteiger partial charge in [0, 0.05) is 32.7 Å². The number of likely N-dealkylation sites (N-methyl/N-ethyl adjacent to an activating group) is 1. The molecule has 1 aliphatic rings. The first kappa shape index (κ1) is 16.0. The number of benzene rings is 1. The number of hydrogen-bond donors (Lipinski definition) is 2. The number of nitrogens with zero attached hydrogens (tertiary/aromatic N) is 1. The van der Waals surface area contributed by atoms with Crippen molar-refractivity contribution in [2.24, 2.45) is 0 Å². The Kier molecular flexibility index (Phi) is 5.76. The summed E-state index contributed by atoms with van der Waals surface area (Å²) in [5.41, 5.74) is 4.14. The molecule has 1 aromatic carbocycles. The maximum absolute atomic E-state index is 11.4. The van der Waals surface area contributed by atoms with Crippen LogP contribution in [0.4, 0.5) is 0 Å². The van der Waals surface area contributed by atoms with Crippen LogP contribution in [-0.4, -0.2) is 43.5 Å². The van der Waals surface area contributed by atoms with E-state index >= 15 is 0 Å². The molecule has 0 aromatic heterocycles. The maximum atomic E-state index is 11.4. The second-order valence-corrected chi connectivity index (χ2v) is 5.96. The van der Waals surface area contributed by atoms with Gasteiger partial charge in [-0.05, 0) is 43.4 Å². The van der Waals surface area contributed by atoms with Crippen LogP contribution < -0.4 is 10.6 Å². The van der Waals surface area contributed by atoms with Gasteiger partial charge in [0.25, 0.3) is 0 Å². The highest BCUT2D eigenvalue weighted by Gasteiger charge is 2.20. The Morgan fingerprint density at radius 1 is 1.29 bits per heavy atom. The lowest BCUT2D eigenvalue weighted by Gasteiger charge is -2.32. The number of hydrogen-bond acceptors (Lipinski definition) is 3. The van der Waals surface area contributed by atoms with E-state index in [9.17, 15) is 4.79 Å². The summed E-state index contributed by atoms with van der Waals surface area (Å²) < 4.78 is 0. The summed E-state index contributed by atoms with van der Waals surface area (Å²) in [6.07, 6.45) is 2.23. The zero-order chi connectivity index (χ0) is 15.2. The highest BCUT2D eigenvalue weighted by Crippen LogP contribution is 2.15. The Morgan fingerprint density at radius 3 is 2.67 bits per heavy atom. The maximum Gasteiger partial charge on any atom is 0.233 e. The monoisotopic (exact) mass is 289 g/mol. The van der Waals surface area contributed by atoms with E-state index in [1.54, 1.807) is 7.05 Å². The summed E-state index contributed by atoms with van der Waals surface area (Å²) in [6, 6.07) is 7.06. The van der Waals surface area contributed by atoms with E-state index in [1.807, 2.05) is 0 Å². The second-order valence-electron chi connectivity index (χ2n) is 5.96. The van der Waals surface area contributed by atoms with Crippen molar-refractivity contribution < 1.29 is 4.79 Å². The Balaban J connectivity index is 1.76. The van der Waals surface area contributed by atoms with Crippen molar-refractivity contribution in [3.8, 4) is 0 Å². The van der Waals surface area contributed by atoms with Crippen LogP contribution in [0.1, 0.15) is 29.5 Å². The molecule has 1 aromatic rings. The molecule has 1 heterocycles. The highest BCUT2D eigenvalue weighted by atomic mass is 16.1. The van der Waals surface area contributed by atoms with Gasteiger partial charge in [-0.25, -0.2) is 0 Å². The topological polar surface area (TPSA) is 44.4 Å². The summed E-state index contributed by atoms with van der Waals surface area (Å²) in [7, 11) is 1.70. The number of carbonyl (C=O) groups is 1. The molecule has 1 amide bonds. The molecule has 0 bridgehead atoms. The number of nitrogens with one attached hydrogen (secondary N) is 2. The molecule has 0 spiro atoms. The van der Waals surface area contributed by atoms with Gasteiger partial charge in [-0.15, -0.1) is 0 Å². The third kappa shape index (κ3) is 4.55. The molecule has 0 unspecified atom stereocenters. The highest BCUT2D eigenvalue weighted by molar-refractivity contribution is 5.77. The largest absolute Gasteiger partial charge is 0.358 e. The molecule has 0 aliphatic carbocycles. The summed E-state index contributed by atoms with van der Waals surface area (Å²) >= 11 is 0. The lowest BCUT2D eigenvalue weighted by atomic mass is 10.0. The third-order valence-electron chi connectivity index (χ3n) is 4.53. The molecule has 0 radical (unpaired) electrons. The van der Waals surface area contributed by atoms with Crippen LogP contribution in [0, 0.1) is 13.8 Å². The van der Waals surface area contributed by atoms with Crippen molar-refractivity contribution in [3.05, 3.63) is 34.9 Å². The third-order valence-corrected chi connectivity index (χ3v) is 4.53. The number of likely N-dealkylation sites (tertiary alicyclic amines) is 1. The molecular formula is C17H27N3O. The molecule has 116 valence electrons. The average molecular weight is 289 g/mol. The zero-order valence-corrected chi connectivity index (χ0v) is 13.4. The standard InChI is InChI=1S/C17H27N3O/c1-13-5-4-6-15(14(13)2)11-19-16-7-9-20(10-8-16)12-17(21)18-3/h4-6,16,19H,7-12H2,1-3H3,(H,18,21). The molecule has 1 saturated heterocycles. The van der Waals surface area contributed by atoms with Gasteiger partial charge in [0.05, 0.1) is 6.54 Å². The van der Waals surface area contributed by atoms with Gasteiger partial charge in [-0.3, -0.25) is 9.69 Å². The van der Waals surface area contributed by atoms with Gasteiger partial charge in [-0.1, -0.05) is 18.2 Å². The van der Waals surface area contributed by atoms with Crippen LogP contribution in [0.15, 0.2) is 18.2 Å². The first-order valence-corrected chi connectivity index (χ1v) is 7.81. The van der Waals surface area contributed by atoms with E-state index in [1.165, 1.54) is 16.7 Å². The molecular weight excluding hydrogens is 262 g/mol. The fourth-order valence-electron chi connectivity index (χ4n) is 2.84. The predicted octanol–water partition coefficient (Wildman–Crippen LogP) is 1.60. The van der Waals surface area contributed by atoms with Crippen molar-refractivity contribution in [3.63, 3.8) is 0 Å². The molecule has 2 N–H and O–H groups in total. The molecule has 21 heavy (non-hydrogen) atoms. The first-order chi connectivity index (χ1) is 10.1. The van der Waals surface area contributed by atoms with Crippen molar-refractivity contribution in [2.75, 3.05) is 26.7 Å². The Morgan fingerprint density at radius 2 is 2.00 bits per heavy atom. The lowest BCUT2D eigenvalue weighted by molar-refractivity contribution is -0.122. The van der Waals surface area contributed by atoms with E-state index < -0.39 is 0 Å². The molecule has 0 atom stereocenters. The van der Waals surface area contributed by atoms with Crippen molar-refractivity contribution in [1.82, 2.24) is 15.5 Å². The summed E-state index contributed by atoms with van der Waals surface area (Å²) in [5, 5.41) is 6.35. The second kappa shape index (κ2) is 7.57. The van der Waals surface area contributed by atoms with Gasteiger partial charge in [0.1, 0.15) is 0 Å². The lowest BCUT2D eigenvalue weighted by Crippen LogP contribution is -2.45. The zero-order valence-electron chi connectivity index (χ0n) is 13.4. The molecule has 1 fully saturated rings. The van der Waals surface area contributed by atoms with Gasteiger partial charge < -0.3 is 10.6 Å². The number of piperidine rings is 1. The minimum absolute atomic E-state index is 0.108. The van der Waals surface area contributed by atoms with E-state index in [2.05, 4.69) is 47.6 Å². The molecule has 1 aliphatic heterocycles. The molecule has 4 nitrogen and oxygen atoms in total. The fraction of sp³-hybridized carbons (Fsp3) is 0.588. The van der Waals surface area contributed by atoms with E-state index in [4.69, 9.17) is 0 Å². The predicted molar refractivity (Wildman–Crippen MR) is 86.3 cm³/mol. The Hall–Kier alpha value is -1.39. The quantitative estimate of drug-likeness (QED) is 0.865. The van der Waals surface area contributed by atoms with Crippen LogP contribution in [0.5, 0.6) is 0 Å². The number of rotatable bonds is 5.